The number of aliphatic hydroxyl groups is 1. The van der Waals surface area contributed by atoms with Gasteiger partial charge in [0, 0.05) is 36.9 Å². The van der Waals surface area contributed by atoms with E-state index in [2.05, 4.69) is 10.2 Å². The first kappa shape index (κ1) is 24.4. The molecule has 5 N–H and O–H groups in total. The van der Waals surface area contributed by atoms with Crippen molar-refractivity contribution in [3.63, 3.8) is 0 Å². The van der Waals surface area contributed by atoms with Gasteiger partial charge in [-0.1, -0.05) is 0 Å². The molecule has 10 heteroatoms. The fourth-order valence-corrected chi connectivity index (χ4v) is 5.41. The predicted octanol–water partition coefficient (Wildman–Crippen LogP) is 2.89. The number of rotatable bonds is 5. The van der Waals surface area contributed by atoms with E-state index in [9.17, 15) is 19.8 Å². The van der Waals surface area contributed by atoms with Gasteiger partial charge >= 0.3 is 5.97 Å². The molecule has 0 radical (unpaired) electrons. The van der Waals surface area contributed by atoms with Crippen LogP contribution in [-0.2, 0) is 12.0 Å². The number of β-amino-alcohol motifs (C(OH)–C–C–N with tert-alkyl or cyclic N) is 1. The Labute approximate surface area is 196 Å². The smallest absolute Gasteiger partial charge is 0.341 e. The van der Waals surface area contributed by atoms with Crippen molar-refractivity contribution in [3.8, 4) is 0 Å². The second-order valence-corrected chi connectivity index (χ2v) is 10.8. The van der Waals surface area contributed by atoms with Gasteiger partial charge in [0.1, 0.15) is 11.3 Å². The zero-order chi connectivity index (χ0) is 25.2. The number of nitrogens with zero attached hydrogens (tertiary/aromatic N) is 2. The molecule has 1 aromatic heterocycles. The Balaban J connectivity index is 1.80. The molecule has 0 bridgehead atoms. The van der Waals surface area contributed by atoms with Crippen molar-refractivity contribution in [1.29, 1.82) is 0 Å². The number of aromatic nitrogens is 1. The molecule has 2 aliphatic heterocycles. The number of hydrogen-bond donors (Lipinski definition) is 4. The fourth-order valence-electron chi connectivity index (χ4n) is 5.41. The minimum Gasteiger partial charge on any atom is -0.477 e. The van der Waals surface area contributed by atoms with Crippen LogP contribution in [0, 0.1) is 11.6 Å². The van der Waals surface area contributed by atoms with Crippen molar-refractivity contribution < 1.29 is 23.8 Å². The lowest BCUT2D eigenvalue weighted by atomic mass is 10.00. The molecule has 186 valence electrons. The van der Waals surface area contributed by atoms with E-state index in [0.717, 1.165) is 0 Å². The lowest BCUT2D eigenvalue weighted by molar-refractivity contribution is 0.0291. The highest BCUT2D eigenvalue weighted by Gasteiger charge is 2.38. The van der Waals surface area contributed by atoms with Gasteiger partial charge in [-0.25, -0.2) is 13.6 Å². The Kier molecular flexibility index (Phi) is 5.88. The van der Waals surface area contributed by atoms with Crippen LogP contribution in [0.1, 0.15) is 63.0 Å². The number of benzene rings is 1. The van der Waals surface area contributed by atoms with Crippen LogP contribution in [-0.4, -0.2) is 56.9 Å². The highest BCUT2D eigenvalue weighted by atomic mass is 19.1. The van der Waals surface area contributed by atoms with E-state index in [4.69, 9.17) is 5.73 Å². The molecule has 8 nitrogen and oxygen atoms in total. The second kappa shape index (κ2) is 8.20. The molecule has 2 aromatic rings. The Morgan fingerprint density at radius 2 is 1.85 bits per heavy atom. The number of carboxylic acids is 1. The molecule has 2 aliphatic rings. The van der Waals surface area contributed by atoms with Gasteiger partial charge in [0.05, 0.1) is 22.2 Å². The molecule has 0 aliphatic carbocycles. The summed E-state index contributed by atoms with van der Waals surface area (Å²) in [7, 11) is 0. The molecule has 34 heavy (non-hydrogen) atoms. The first-order valence-electron chi connectivity index (χ1n) is 11.6. The first-order chi connectivity index (χ1) is 15.7. The molecule has 0 unspecified atom stereocenters. The summed E-state index contributed by atoms with van der Waals surface area (Å²) in [5.41, 5.74) is 2.17. The van der Waals surface area contributed by atoms with Crippen LogP contribution in [0.3, 0.4) is 0 Å². The number of nitrogens with one attached hydrogen (secondary N) is 1. The molecule has 4 rings (SSSR count). The van der Waals surface area contributed by atoms with Crippen LogP contribution in [0.15, 0.2) is 4.79 Å². The number of nitrogen functional groups attached to an aromatic ring is 1. The van der Waals surface area contributed by atoms with Gasteiger partial charge in [0.15, 0.2) is 11.6 Å². The molecule has 1 saturated heterocycles. The van der Waals surface area contributed by atoms with E-state index in [1.54, 1.807) is 13.8 Å². The molecular formula is C24H32F2N4O4. The van der Waals surface area contributed by atoms with E-state index < -0.39 is 56.5 Å². The van der Waals surface area contributed by atoms with Crippen LogP contribution in [0.5, 0.6) is 0 Å². The zero-order valence-corrected chi connectivity index (χ0v) is 20.0. The number of carboxylic acid groups (broad SMARTS) is 1. The molecule has 3 heterocycles. The molecular weight excluding hydrogens is 446 g/mol. The molecule has 1 aromatic carbocycles. The maximum absolute atomic E-state index is 16.0. The predicted molar refractivity (Wildman–Crippen MR) is 127 cm³/mol. The van der Waals surface area contributed by atoms with E-state index in [0.29, 0.717) is 45.3 Å². The van der Waals surface area contributed by atoms with Gasteiger partial charge in [0.2, 0.25) is 5.43 Å². The number of pyridine rings is 1. The van der Waals surface area contributed by atoms with Gasteiger partial charge in [0.25, 0.3) is 0 Å². The third-order valence-electron chi connectivity index (χ3n) is 6.97. The van der Waals surface area contributed by atoms with Crippen molar-refractivity contribution in [3.05, 3.63) is 33.1 Å². The summed E-state index contributed by atoms with van der Waals surface area (Å²) >= 11 is 0. The molecule has 1 fully saturated rings. The van der Waals surface area contributed by atoms with Gasteiger partial charge in [-0.15, -0.1) is 0 Å². The third-order valence-corrected chi connectivity index (χ3v) is 6.97. The average Bonchev–Trinajstić information content (AvgIpc) is 3.03. The Morgan fingerprint density at radius 3 is 2.41 bits per heavy atom. The first-order valence-corrected chi connectivity index (χ1v) is 11.6. The van der Waals surface area contributed by atoms with Crippen LogP contribution in [0.25, 0.3) is 10.9 Å². The summed E-state index contributed by atoms with van der Waals surface area (Å²) < 4.78 is 32.8. The summed E-state index contributed by atoms with van der Waals surface area (Å²) in [6.07, 6.45) is 2.01. The number of halogens is 2. The maximum atomic E-state index is 16.0. The Bertz CT molecular complexity index is 1220. The number of anilines is 2. The van der Waals surface area contributed by atoms with Crippen molar-refractivity contribution in [2.75, 3.05) is 30.7 Å². The number of carbonyl (C=O) groups is 1. The summed E-state index contributed by atoms with van der Waals surface area (Å²) in [6, 6.07) is -0.227. The quantitative estimate of drug-likeness (QED) is 0.488. The van der Waals surface area contributed by atoms with E-state index in [1.165, 1.54) is 4.57 Å². The number of fused-ring (bicyclic) bond motifs is 3. The number of hydrogen-bond acceptors (Lipinski definition) is 6. The number of piperidine rings is 1. The van der Waals surface area contributed by atoms with Crippen LogP contribution < -0.4 is 16.5 Å². The van der Waals surface area contributed by atoms with Gasteiger partial charge in [-0.2, -0.15) is 0 Å². The molecule has 0 amide bonds. The topological polar surface area (TPSA) is 121 Å². The fraction of sp³-hybridized carbons (Fsp3) is 0.583. The average molecular weight is 479 g/mol. The summed E-state index contributed by atoms with van der Waals surface area (Å²) in [5, 5.41) is 22.2. The monoisotopic (exact) mass is 478 g/mol. The number of likely N-dealkylation sites (tertiary alicyclic amines) is 1. The lowest BCUT2D eigenvalue weighted by Gasteiger charge is -2.36. The SMILES string of the molecule is CC(C)(O)CN1CCC(Nc2c(F)c(N)c3c(=O)c(C(=O)O)c4n(c3c2F)C(C)(C)CC4)CC1. The summed E-state index contributed by atoms with van der Waals surface area (Å²) in [6.45, 7) is 8.92. The van der Waals surface area contributed by atoms with Gasteiger partial charge < -0.3 is 30.7 Å². The van der Waals surface area contributed by atoms with Crippen molar-refractivity contribution >= 4 is 28.2 Å². The van der Waals surface area contributed by atoms with E-state index in [-0.39, 0.29) is 17.3 Å². The van der Waals surface area contributed by atoms with Crippen LogP contribution in [0.2, 0.25) is 0 Å². The Morgan fingerprint density at radius 1 is 1.24 bits per heavy atom. The van der Waals surface area contributed by atoms with Gasteiger partial charge in [-0.3, -0.25) is 4.79 Å². The largest absolute Gasteiger partial charge is 0.477 e. The highest BCUT2D eigenvalue weighted by Crippen LogP contribution is 2.41. The van der Waals surface area contributed by atoms with Crippen LogP contribution >= 0.6 is 0 Å². The zero-order valence-electron chi connectivity index (χ0n) is 20.0. The van der Waals surface area contributed by atoms with Crippen molar-refractivity contribution in [2.24, 2.45) is 0 Å². The minimum atomic E-state index is -1.44. The number of nitrogens with two attached hydrogens (primary N) is 1. The van der Waals surface area contributed by atoms with E-state index in [1.807, 2.05) is 13.8 Å². The Hall–Kier alpha value is -2.72. The third kappa shape index (κ3) is 4.02. The normalized spacial score (nSPS) is 18.9. The van der Waals surface area contributed by atoms with Crippen molar-refractivity contribution in [1.82, 2.24) is 9.47 Å². The number of aromatic carboxylic acids is 1. The summed E-state index contributed by atoms with van der Waals surface area (Å²) in [4.78, 5) is 27.0. The van der Waals surface area contributed by atoms with Crippen LogP contribution in [0.4, 0.5) is 20.2 Å². The van der Waals surface area contributed by atoms with Crippen molar-refractivity contribution in [2.45, 2.75) is 70.6 Å². The maximum Gasteiger partial charge on any atom is 0.341 e. The molecule has 0 atom stereocenters. The van der Waals surface area contributed by atoms with Gasteiger partial charge in [-0.05, 0) is 53.4 Å². The second-order valence-electron chi connectivity index (χ2n) is 10.8. The lowest BCUT2D eigenvalue weighted by Crippen LogP contribution is -2.45. The van der Waals surface area contributed by atoms with E-state index >= 15 is 8.78 Å². The molecule has 0 spiro atoms. The summed E-state index contributed by atoms with van der Waals surface area (Å²) in [5.74, 6) is -3.46. The molecule has 0 saturated carbocycles. The standard InChI is InChI=1S/C24H32F2N4O4/c1-23(2)8-5-13-14(22(32)33)21(31)15-18(27)16(25)19(17(26)20(15)30(13)23)28-12-6-9-29(10-7-12)11-24(3,4)34/h12,28,34H,5-11,27H2,1-4H3,(H,32,33). The minimum absolute atomic E-state index is 0.159. The highest BCUT2D eigenvalue weighted by molar-refractivity contribution is 6.01.